The smallest absolute Gasteiger partial charge is 0.223 e. The van der Waals surface area contributed by atoms with Gasteiger partial charge in [0.1, 0.15) is 0 Å². The molecular weight excluding hydrogens is 424 g/mol. The molecule has 5 heteroatoms. The summed E-state index contributed by atoms with van der Waals surface area (Å²) in [4.78, 5) is 13.2. The highest BCUT2D eigenvalue weighted by molar-refractivity contribution is 5.81. The minimum Gasteiger partial charge on any atom is -0.385 e. The first kappa shape index (κ1) is 27.2. The van der Waals surface area contributed by atoms with Gasteiger partial charge in [-0.15, -0.1) is 0 Å². The maximum Gasteiger partial charge on any atom is 0.223 e. The fourth-order valence-electron chi connectivity index (χ4n) is 7.04. The average Bonchev–Trinajstić information content (AvgIpc) is 2.87. The molecule has 0 heterocycles. The number of carbonyl (C=O) groups is 1. The van der Waals surface area contributed by atoms with Gasteiger partial charge in [-0.05, 0) is 81.9 Å². The summed E-state index contributed by atoms with van der Waals surface area (Å²) in [7, 11) is 3.71. The van der Waals surface area contributed by atoms with Crippen LogP contribution in [0.5, 0.6) is 0 Å². The molecule has 1 aromatic rings. The van der Waals surface area contributed by atoms with E-state index in [1.54, 1.807) is 7.11 Å². The van der Waals surface area contributed by atoms with Crippen molar-refractivity contribution in [1.82, 2.24) is 5.32 Å². The zero-order chi connectivity index (χ0) is 24.4. The second kappa shape index (κ2) is 13.0. The number of nitrogens with two attached hydrogens (primary N) is 1. The third-order valence-corrected chi connectivity index (χ3v) is 8.96. The van der Waals surface area contributed by atoms with Crippen LogP contribution in [-0.4, -0.2) is 38.3 Å². The molecule has 4 N–H and O–H groups in total. The van der Waals surface area contributed by atoms with Gasteiger partial charge in [-0.2, -0.15) is 0 Å². The third-order valence-electron chi connectivity index (χ3n) is 8.96. The number of nitrogens with one attached hydrogen (secondary N) is 1. The number of methoxy groups -OCH3 is 1. The lowest BCUT2D eigenvalue weighted by Crippen LogP contribution is -2.52. The average molecular weight is 473 g/mol. The summed E-state index contributed by atoms with van der Waals surface area (Å²) in [6.45, 7) is 1.51. The topological polar surface area (TPSA) is 84.6 Å². The Balaban J connectivity index is 1.88. The van der Waals surface area contributed by atoms with E-state index in [2.05, 4.69) is 5.32 Å². The Morgan fingerprint density at radius 2 is 1.91 bits per heavy atom. The molecule has 4 unspecified atom stereocenters. The van der Waals surface area contributed by atoms with Gasteiger partial charge >= 0.3 is 0 Å². The molecule has 4 atom stereocenters. The Kier molecular flexibility index (Phi) is 10.4. The highest BCUT2D eigenvalue weighted by Gasteiger charge is 2.52. The van der Waals surface area contributed by atoms with E-state index in [4.69, 9.17) is 10.5 Å². The number of unbranched alkanes of at least 4 members (excludes halogenated alkanes) is 1. The molecule has 192 valence electrons. The fraction of sp³-hybridized carbons (Fsp3) is 0.759. The van der Waals surface area contributed by atoms with Gasteiger partial charge < -0.3 is 20.9 Å². The van der Waals surface area contributed by atoms with Gasteiger partial charge in [-0.1, -0.05) is 68.9 Å². The molecule has 0 aromatic heterocycles. The summed E-state index contributed by atoms with van der Waals surface area (Å²) in [5, 5.41) is 15.6. The van der Waals surface area contributed by atoms with Crippen molar-refractivity contribution in [2.75, 3.05) is 27.3 Å². The van der Waals surface area contributed by atoms with E-state index in [0.717, 1.165) is 50.6 Å². The quantitative estimate of drug-likeness (QED) is 0.346. The van der Waals surface area contributed by atoms with Crippen molar-refractivity contribution in [3.8, 4) is 0 Å². The minimum atomic E-state index is -0.953. The first-order valence-electron chi connectivity index (χ1n) is 13.7. The Labute approximate surface area is 207 Å². The van der Waals surface area contributed by atoms with Gasteiger partial charge in [0, 0.05) is 13.7 Å². The predicted molar refractivity (Wildman–Crippen MR) is 138 cm³/mol. The van der Waals surface area contributed by atoms with E-state index in [9.17, 15) is 9.90 Å². The lowest BCUT2D eigenvalue weighted by atomic mass is 9.56. The molecule has 1 aromatic carbocycles. The van der Waals surface area contributed by atoms with E-state index >= 15 is 0 Å². The van der Waals surface area contributed by atoms with Crippen LogP contribution >= 0.6 is 0 Å². The maximum absolute atomic E-state index is 13.2. The van der Waals surface area contributed by atoms with Gasteiger partial charge in [0.05, 0.1) is 11.0 Å². The van der Waals surface area contributed by atoms with Crippen LogP contribution in [0.3, 0.4) is 0 Å². The number of benzene rings is 1. The van der Waals surface area contributed by atoms with Gasteiger partial charge in [-0.3, -0.25) is 4.79 Å². The van der Waals surface area contributed by atoms with Crippen LogP contribution in [0.1, 0.15) is 89.0 Å². The van der Waals surface area contributed by atoms with Crippen molar-refractivity contribution in [2.45, 2.75) is 89.1 Å². The Hall–Kier alpha value is -1.43. The van der Waals surface area contributed by atoms with Crippen molar-refractivity contribution < 1.29 is 14.6 Å². The molecule has 1 amide bonds. The number of amides is 1. The molecule has 0 bridgehead atoms. The number of aliphatic hydroxyl groups is 1. The lowest BCUT2D eigenvalue weighted by molar-refractivity contribution is -0.141. The third kappa shape index (κ3) is 6.41. The molecule has 0 saturated heterocycles. The van der Waals surface area contributed by atoms with Crippen LogP contribution < -0.4 is 11.1 Å². The van der Waals surface area contributed by atoms with Crippen molar-refractivity contribution >= 4 is 5.91 Å². The summed E-state index contributed by atoms with van der Waals surface area (Å²) in [5.74, 6) is 0.757. The largest absolute Gasteiger partial charge is 0.385 e. The number of hydrogen-bond acceptors (Lipinski definition) is 4. The number of ether oxygens (including phenoxy) is 1. The maximum atomic E-state index is 13.2. The van der Waals surface area contributed by atoms with E-state index in [0.29, 0.717) is 25.4 Å². The van der Waals surface area contributed by atoms with Crippen LogP contribution in [0.25, 0.3) is 0 Å². The highest BCUT2D eigenvalue weighted by Crippen LogP contribution is 2.53. The van der Waals surface area contributed by atoms with E-state index in [-0.39, 0.29) is 17.7 Å². The predicted octanol–water partition coefficient (Wildman–Crippen LogP) is 5.16. The van der Waals surface area contributed by atoms with Crippen molar-refractivity contribution in [3.05, 3.63) is 35.9 Å². The van der Waals surface area contributed by atoms with Crippen LogP contribution in [0.4, 0.5) is 0 Å². The summed E-state index contributed by atoms with van der Waals surface area (Å²) < 4.78 is 5.25. The standard InChI is InChI=1S/C29H48N2O3/c1-31-22-26(20-23-12-5-3-6-13-23)28(27(30)32)17-11-16-25(21-28)29(33,18-9-10-19-34-2)24-14-7-4-8-15-24/h4,7-8,14-15,23,25-26,31,33H,3,5-6,9-13,16-22H2,1-2H3,(H2,30,32). The zero-order valence-corrected chi connectivity index (χ0v) is 21.6. The summed E-state index contributed by atoms with van der Waals surface area (Å²) in [5.41, 5.74) is 5.72. The highest BCUT2D eigenvalue weighted by atomic mass is 16.5. The second-order valence-corrected chi connectivity index (χ2v) is 11.0. The van der Waals surface area contributed by atoms with Gasteiger partial charge in [0.25, 0.3) is 0 Å². The Bertz CT molecular complexity index is 736. The van der Waals surface area contributed by atoms with Crippen LogP contribution in [-0.2, 0) is 15.1 Å². The minimum absolute atomic E-state index is 0.0180. The van der Waals surface area contributed by atoms with Gasteiger partial charge in [-0.25, -0.2) is 0 Å². The normalized spacial score (nSPS) is 26.6. The second-order valence-electron chi connectivity index (χ2n) is 11.0. The first-order chi connectivity index (χ1) is 16.5. The van der Waals surface area contributed by atoms with E-state index in [1.165, 1.54) is 32.1 Å². The number of rotatable bonds is 13. The molecule has 0 spiro atoms. The molecule has 5 nitrogen and oxygen atoms in total. The summed E-state index contributed by atoms with van der Waals surface area (Å²) in [6.07, 6.45) is 13.4. The molecule has 2 saturated carbocycles. The van der Waals surface area contributed by atoms with E-state index < -0.39 is 11.0 Å². The monoisotopic (exact) mass is 472 g/mol. The Morgan fingerprint density at radius 3 is 2.56 bits per heavy atom. The SMILES string of the molecule is CNCC(CC1CCCCC1)C1(C(N)=O)CCCC(C(O)(CCCCOC)c2ccccc2)C1. The molecule has 0 aliphatic heterocycles. The van der Waals surface area contributed by atoms with Crippen LogP contribution in [0.15, 0.2) is 30.3 Å². The number of hydrogen-bond donors (Lipinski definition) is 3. The van der Waals surface area contributed by atoms with E-state index in [1.807, 2.05) is 37.4 Å². The Morgan fingerprint density at radius 1 is 1.18 bits per heavy atom. The van der Waals surface area contributed by atoms with Gasteiger partial charge in [0.15, 0.2) is 0 Å². The summed E-state index contributed by atoms with van der Waals surface area (Å²) >= 11 is 0. The summed E-state index contributed by atoms with van der Waals surface area (Å²) in [6, 6.07) is 10.1. The number of primary amides is 1. The van der Waals surface area contributed by atoms with Crippen LogP contribution in [0, 0.1) is 23.2 Å². The molecule has 2 aliphatic carbocycles. The molecule has 34 heavy (non-hydrogen) atoms. The molecule has 3 rings (SSSR count). The number of carbonyl (C=O) groups excluding carboxylic acids is 1. The molecule has 2 aliphatic rings. The lowest BCUT2D eigenvalue weighted by Gasteiger charge is -2.49. The van der Waals surface area contributed by atoms with Gasteiger partial charge in [0.2, 0.25) is 5.91 Å². The van der Waals surface area contributed by atoms with Crippen LogP contribution in [0.2, 0.25) is 0 Å². The zero-order valence-electron chi connectivity index (χ0n) is 21.6. The first-order valence-corrected chi connectivity index (χ1v) is 13.7. The molecular formula is C29H48N2O3. The molecule has 0 radical (unpaired) electrons. The van der Waals surface area contributed by atoms with Crippen molar-refractivity contribution in [2.24, 2.45) is 28.9 Å². The fourth-order valence-corrected chi connectivity index (χ4v) is 7.04. The van der Waals surface area contributed by atoms with Crippen molar-refractivity contribution in [1.29, 1.82) is 0 Å². The molecule has 2 fully saturated rings. The van der Waals surface area contributed by atoms with Crippen molar-refractivity contribution in [3.63, 3.8) is 0 Å².